The number of aryl methyl sites for hydroxylation is 2. The number of nitrogens with zero attached hydrogens (tertiary/aromatic N) is 2. The fourth-order valence-corrected chi connectivity index (χ4v) is 5.33. The highest BCUT2D eigenvalue weighted by Crippen LogP contribution is 2.28. The third-order valence-electron chi connectivity index (χ3n) is 5.48. The normalized spacial score (nSPS) is 13.9. The summed E-state index contributed by atoms with van der Waals surface area (Å²) in [7, 11) is 0. The van der Waals surface area contributed by atoms with Crippen molar-refractivity contribution in [1.82, 2.24) is 14.9 Å². The maximum atomic E-state index is 13.0. The molecule has 7 heteroatoms. The van der Waals surface area contributed by atoms with Crippen LogP contribution in [0.25, 0.3) is 10.2 Å². The van der Waals surface area contributed by atoms with Crippen LogP contribution in [-0.2, 0) is 19.4 Å². The summed E-state index contributed by atoms with van der Waals surface area (Å²) in [4.78, 5) is 33.1. The molecule has 0 atom stereocenters. The molecule has 0 fully saturated rings. The molecule has 1 N–H and O–H groups in total. The minimum atomic E-state index is -0.120. The number of carbonyl (C=O) groups excluding carboxylic acids is 1. The van der Waals surface area contributed by atoms with Gasteiger partial charge in [0, 0.05) is 24.4 Å². The first-order valence-corrected chi connectivity index (χ1v) is 12.1. The van der Waals surface area contributed by atoms with Gasteiger partial charge in [-0.05, 0) is 55.7 Å². The molecule has 1 amide bonds. The van der Waals surface area contributed by atoms with Gasteiger partial charge in [-0.25, -0.2) is 4.98 Å². The smallest absolute Gasteiger partial charge is 0.262 e. The first kappa shape index (κ1) is 20.2. The lowest BCUT2D eigenvalue weighted by atomic mass is 10.1. The van der Waals surface area contributed by atoms with E-state index in [4.69, 9.17) is 4.98 Å². The maximum absolute atomic E-state index is 13.0. The van der Waals surface area contributed by atoms with E-state index >= 15 is 0 Å². The van der Waals surface area contributed by atoms with Crippen LogP contribution in [0, 0.1) is 6.92 Å². The SMILES string of the molecule is CSc1ccc(CCNC(=O)c2sc3nc4n(c(=O)c3c2C)CCCCC4)cc1. The molecule has 3 heterocycles. The number of hydrogen-bond acceptors (Lipinski definition) is 5. The van der Waals surface area contributed by atoms with E-state index in [1.54, 1.807) is 11.8 Å². The summed E-state index contributed by atoms with van der Waals surface area (Å²) in [5.41, 5.74) is 1.96. The molecule has 0 bridgehead atoms. The molecule has 5 nitrogen and oxygen atoms in total. The van der Waals surface area contributed by atoms with Gasteiger partial charge in [0.2, 0.25) is 0 Å². The number of hydrogen-bond donors (Lipinski definition) is 1. The van der Waals surface area contributed by atoms with E-state index in [9.17, 15) is 9.59 Å². The number of carbonyl (C=O) groups is 1. The van der Waals surface area contributed by atoms with Crippen LogP contribution in [0.1, 0.15) is 45.9 Å². The average Bonchev–Trinajstić information content (AvgIpc) is 2.89. The molecule has 152 valence electrons. The van der Waals surface area contributed by atoms with E-state index in [2.05, 4.69) is 35.8 Å². The highest BCUT2D eigenvalue weighted by atomic mass is 32.2. The van der Waals surface area contributed by atoms with Gasteiger partial charge in [-0.15, -0.1) is 23.1 Å². The second kappa shape index (κ2) is 8.71. The molecule has 4 rings (SSSR count). The van der Waals surface area contributed by atoms with Gasteiger partial charge < -0.3 is 5.32 Å². The summed E-state index contributed by atoms with van der Waals surface area (Å²) < 4.78 is 1.81. The Morgan fingerprint density at radius 2 is 2.03 bits per heavy atom. The predicted molar refractivity (Wildman–Crippen MR) is 120 cm³/mol. The highest BCUT2D eigenvalue weighted by molar-refractivity contribution is 7.98. The van der Waals surface area contributed by atoms with Crippen molar-refractivity contribution in [3.63, 3.8) is 0 Å². The molecule has 1 aliphatic heterocycles. The van der Waals surface area contributed by atoms with Crippen molar-refractivity contribution in [3.05, 3.63) is 56.4 Å². The second-order valence-corrected chi connectivity index (χ2v) is 9.26. The Morgan fingerprint density at radius 1 is 1.24 bits per heavy atom. The fraction of sp³-hybridized carbons (Fsp3) is 0.409. The Balaban J connectivity index is 1.52. The Labute approximate surface area is 178 Å². The topological polar surface area (TPSA) is 64.0 Å². The van der Waals surface area contributed by atoms with Gasteiger partial charge >= 0.3 is 0 Å². The van der Waals surface area contributed by atoms with Crippen molar-refractivity contribution in [1.29, 1.82) is 0 Å². The lowest BCUT2D eigenvalue weighted by molar-refractivity contribution is 0.0957. The number of thioether (sulfide) groups is 1. The number of aromatic nitrogens is 2. The van der Waals surface area contributed by atoms with E-state index in [1.807, 2.05) is 11.5 Å². The van der Waals surface area contributed by atoms with Crippen molar-refractivity contribution in [2.24, 2.45) is 0 Å². The third-order valence-corrected chi connectivity index (χ3v) is 7.40. The number of amides is 1. The third kappa shape index (κ3) is 4.12. The summed E-state index contributed by atoms with van der Waals surface area (Å²) in [6, 6.07) is 8.39. The zero-order valence-corrected chi connectivity index (χ0v) is 18.4. The molecule has 0 unspecified atom stereocenters. The van der Waals surface area contributed by atoms with Gasteiger partial charge in [0.05, 0.1) is 10.3 Å². The first-order valence-electron chi connectivity index (χ1n) is 10.0. The number of thiophene rings is 1. The van der Waals surface area contributed by atoms with Crippen molar-refractivity contribution >= 4 is 39.2 Å². The summed E-state index contributed by atoms with van der Waals surface area (Å²) in [6.07, 6.45) is 6.87. The van der Waals surface area contributed by atoms with E-state index < -0.39 is 0 Å². The molecule has 3 aromatic rings. The molecule has 0 saturated carbocycles. The van der Waals surface area contributed by atoms with Crippen LogP contribution >= 0.6 is 23.1 Å². The van der Waals surface area contributed by atoms with Gasteiger partial charge in [-0.2, -0.15) is 0 Å². The summed E-state index contributed by atoms with van der Waals surface area (Å²) in [5, 5.41) is 3.62. The monoisotopic (exact) mass is 427 g/mol. The van der Waals surface area contributed by atoms with E-state index in [0.717, 1.165) is 50.0 Å². The van der Waals surface area contributed by atoms with Crippen LogP contribution in [0.2, 0.25) is 0 Å². The van der Waals surface area contributed by atoms with Crippen LogP contribution in [0.5, 0.6) is 0 Å². The predicted octanol–water partition coefficient (Wildman–Crippen LogP) is 4.19. The number of rotatable bonds is 5. The summed E-state index contributed by atoms with van der Waals surface area (Å²) in [6.45, 7) is 3.15. The summed E-state index contributed by atoms with van der Waals surface area (Å²) in [5.74, 6) is 0.743. The highest BCUT2D eigenvalue weighted by Gasteiger charge is 2.22. The quantitative estimate of drug-likeness (QED) is 0.620. The van der Waals surface area contributed by atoms with E-state index in [0.29, 0.717) is 21.6 Å². The standard InChI is InChI=1S/C22H25N3O2S2/c1-14-18-21(24-17-6-4-3-5-13-25(17)22(18)27)29-19(14)20(26)23-12-11-15-7-9-16(28-2)10-8-15/h7-10H,3-6,11-13H2,1-2H3,(H,23,26). The largest absolute Gasteiger partial charge is 0.351 e. The molecule has 1 aliphatic rings. The van der Waals surface area contributed by atoms with Crippen LogP contribution in [0.3, 0.4) is 0 Å². The lowest BCUT2D eigenvalue weighted by Crippen LogP contribution is -2.26. The number of fused-ring (bicyclic) bond motifs is 2. The minimum absolute atomic E-state index is 0.00795. The molecule has 0 spiro atoms. The Bertz CT molecular complexity index is 1100. The molecule has 0 saturated heterocycles. The molecule has 2 aromatic heterocycles. The molecular formula is C22H25N3O2S2. The zero-order chi connectivity index (χ0) is 20.4. The Morgan fingerprint density at radius 3 is 2.79 bits per heavy atom. The van der Waals surface area contributed by atoms with Crippen LogP contribution < -0.4 is 10.9 Å². The second-order valence-electron chi connectivity index (χ2n) is 7.39. The number of nitrogens with one attached hydrogen (secondary N) is 1. The van der Waals surface area contributed by atoms with Gasteiger partial charge in [0.15, 0.2) is 0 Å². The van der Waals surface area contributed by atoms with Crippen LogP contribution in [0.15, 0.2) is 34.0 Å². The average molecular weight is 428 g/mol. The van der Waals surface area contributed by atoms with Gasteiger partial charge in [0.25, 0.3) is 11.5 Å². The first-order chi connectivity index (χ1) is 14.1. The van der Waals surface area contributed by atoms with Crippen molar-refractivity contribution < 1.29 is 4.79 Å². The van der Waals surface area contributed by atoms with Crippen molar-refractivity contribution in [2.45, 2.75) is 50.5 Å². The van der Waals surface area contributed by atoms with Crippen LogP contribution in [-0.4, -0.2) is 28.3 Å². The fourth-order valence-electron chi connectivity index (χ4n) is 3.82. The van der Waals surface area contributed by atoms with Crippen LogP contribution in [0.4, 0.5) is 0 Å². The van der Waals surface area contributed by atoms with Gasteiger partial charge in [0.1, 0.15) is 10.7 Å². The van der Waals surface area contributed by atoms with Gasteiger partial charge in [-0.3, -0.25) is 14.2 Å². The molecule has 0 aliphatic carbocycles. The molecule has 1 aromatic carbocycles. The molecule has 29 heavy (non-hydrogen) atoms. The van der Waals surface area contributed by atoms with E-state index in [-0.39, 0.29) is 11.5 Å². The number of benzene rings is 1. The summed E-state index contributed by atoms with van der Waals surface area (Å²) >= 11 is 3.05. The maximum Gasteiger partial charge on any atom is 0.262 e. The zero-order valence-electron chi connectivity index (χ0n) is 16.8. The van der Waals surface area contributed by atoms with Crippen molar-refractivity contribution in [3.8, 4) is 0 Å². The lowest BCUT2D eigenvalue weighted by Gasteiger charge is -2.08. The Hall–Kier alpha value is -2.12. The van der Waals surface area contributed by atoms with E-state index in [1.165, 1.54) is 21.8 Å². The molecular weight excluding hydrogens is 402 g/mol. The molecule has 0 radical (unpaired) electrons. The van der Waals surface area contributed by atoms with Gasteiger partial charge in [-0.1, -0.05) is 18.6 Å². The minimum Gasteiger partial charge on any atom is -0.351 e. The van der Waals surface area contributed by atoms with Crippen molar-refractivity contribution in [2.75, 3.05) is 12.8 Å². The Kier molecular flexibility index (Phi) is 6.06.